The maximum atomic E-state index is 12.8. The number of anilines is 1. The summed E-state index contributed by atoms with van der Waals surface area (Å²) in [5.74, 6) is -1.06. The topological polar surface area (TPSA) is 98.7 Å². The minimum Gasteiger partial charge on any atom is -0.478 e. The molecule has 146 valence electrons. The lowest BCUT2D eigenvalue weighted by Gasteiger charge is -2.27. The number of carbonyl (C=O) groups is 3. The molecule has 0 unspecified atom stereocenters. The number of urea groups is 1. The summed E-state index contributed by atoms with van der Waals surface area (Å²) in [6.45, 7) is 1.73. The van der Waals surface area contributed by atoms with Crippen LogP contribution in [-0.4, -0.2) is 41.0 Å². The Kier molecular flexibility index (Phi) is 6.26. The van der Waals surface area contributed by atoms with Crippen LogP contribution < -0.4 is 10.6 Å². The second-order valence-corrected chi connectivity index (χ2v) is 6.71. The summed E-state index contributed by atoms with van der Waals surface area (Å²) in [4.78, 5) is 37.7. The van der Waals surface area contributed by atoms with E-state index in [0.717, 1.165) is 37.9 Å². The first-order valence-electron chi connectivity index (χ1n) is 9.30. The smallest absolute Gasteiger partial charge is 0.335 e. The summed E-state index contributed by atoms with van der Waals surface area (Å²) in [5, 5.41) is 14.4. The molecule has 2 aromatic carbocycles. The van der Waals surface area contributed by atoms with Gasteiger partial charge in [-0.05, 0) is 49.1 Å². The van der Waals surface area contributed by atoms with Gasteiger partial charge < -0.3 is 20.6 Å². The van der Waals surface area contributed by atoms with Gasteiger partial charge in [0.25, 0.3) is 5.91 Å². The Morgan fingerprint density at radius 1 is 0.929 bits per heavy atom. The van der Waals surface area contributed by atoms with Crippen molar-refractivity contribution >= 4 is 23.6 Å². The molecule has 0 spiro atoms. The lowest BCUT2D eigenvalue weighted by Crippen LogP contribution is -2.36. The zero-order valence-corrected chi connectivity index (χ0v) is 15.5. The van der Waals surface area contributed by atoms with E-state index in [-0.39, 0.29) is 18.0 Å². The van der Waals surface area contributed by atoms with Crippen LogP contribution in [-0.2, 0) is 6.54 Å². The quantitative estimate of drug-likeness (QED) is 0.740. The van der Waals surface area contributed by atoms with Crippen LogP contribution in [0.4, 0.5) is 10.5 Å². The maximum Gasteiger partial charge on any atom is 0.335 e. The van der Waals surface area contributed by atoms with Gasteiger partial charge in [-0.1, -0.05) is 24.3 Å². The zero-order chi connectivity index (χ0) is 19.9. The number of amides is 3. The third-order valence-electron chi connectivity index (χ3n) is 4.70. The summed E-state index contributed by atoms with van der Waals surface area (Å²) in [7, 11) is 0. The molecule has 3 amide bonds. The van der Waals surface area contributed by atoms with Gasteiger partial charge in [-0.25, -0.2) is 9.59 Å². The molecule has 7 nitrogen and oxygen atoms in total. The first-order valence-corrected chi connectivity index (χ1v) is 9.30. The van der Waals surface area contributed by atoms with Gasteiger partial charge in [0.05, 0.1) is 16.8 Å². The number of carbonyl (C=O) groups excluding carboxylic acids is 2. The molecular formula is C21H23N3O4. The van der Waals surface area contributed by atoms with Crippen LogP contribution in [0.15, 0.2) is 48.5 Å². The maximum absolute atomic E-state index is 12.8. The van der Waals surface area contributed by atoms with Crippen molar-refractivity contribution in [3.8, 4) is 0 Å². The van der Waals surface area contributed by atoms with E-state index < -0.39 is 12.0 Å². The van der Waals surface area contributed by atoms with Crippen molar-refractivity contribution in [2.45, 2.75) is 25.8 Å². The van der Waals surface area contributed by atoms with Gasteiger partial charge in [0.2, 0.25) is 0 Å². The summed E-state index contributed by atoms with van der Waals surface area (Å²) >= 11 is 0. The Labute approximate surface area is 163 Å². The van der Waals surface area contributed by atoms with Crippen molar-refractivity contribution in [3.63, 3.8) is 0 Å². The fourth-order valence-corrected chi connectivity index (χ4v) is 3.16. The molecule has 0 atom stereocenters. The van der Waals surface area contributed by atoms with E-state index in [1.807, 2.05) is 4.90 Å². The van der Waals surface area contributed by atoms with Gasteiger partial charge in [-0.3, -0.25) is 4.79 Å². The number of hydrogen-bond donors (Lipinski definition) is 3. The standard InChI is InChI=1S/C21H23N3O4/c25-19(24-12-4-1-5-13-24)17-6-2-3-7-18(17)23-21(28)22-14-15-8-10-16(11-9-15)20(26)27/h2-3,6-11H,1,4-5,12-14H2,(H,26,27)(H2,22,23,28). The molecule has 28 heavy (non-hydrogen) atoms. The van der Waals surface area contributed by atoms with Crippen LogP contribution in [0, 0.1) is 0 Å². The van der Waals surface area contributed by atoms with Crippen molar-refractivity contribution < 1.29 is 19.5 Å². The number of piperidine rings is 1. The fourth-order valence-electron chi connectivity index (χ4n) is 3.16. The fraction of sp³-hybridized carbons (Fsp3) is 0.286. The summed E-state index contributed by atoms with van der Waals surface area (Å²) in [6.07, 6.45) is 3.14. The minimum absolute atomic E-state index is 0.0696. The van der Waals surface area contributed by atoms with E-state index in [1.165, 1.54) is 12.1 Å². The lowest BCUT2D eigenvalue weighted by molar-refractivity contribution is 0.0694. The van der Waals surface area contributed by atoms with Crippen LogP contribution in [0.2, 0.25) is 0 Å². The second kappa shape index (κ2) is 9.03. The highest BCUT2D eigenvalue weighted by Crippen LogP contribution is 2.20. The Hall–Kier alpha value is -3.35. The van der Waals surface area contributed by atoms with E-state index in [1.54, 1.807) is 36.4 Å². The molecule has 1 fully saturated rings. The number of rotatable bonds is 5. The average Bonchev–Trinajstić information content (AvgIpc) is 2.73. The van der Waals surface area contributed by atoms with E-state index in [9.17, 15) is 14.4 Å². The third kappa shape index (κ3) is 4.88. The van der Waals surface area contributed by atoms with Gasteiger partial charge in [0.15, 0.2) is 0 Å². The van der Waals surface area contributed by atoms with Crippen LogP contribution in [0.3, 0.4) is 0 Å². The largest absolute Gasteiger partial charge is 0.478 e. The van der Waals surface area contributed by atoms with Crippen LogP contribution in [0.25, 0.3) is 0 Å². The number of hydrogen-bond acceptors (Lipinski definition) is 3. The van der Waals surface area contributed by atoms with E-state index >= 15 is 0 Å². The van der Waals surface area contributed by atoms with Crippen LogP contribution in [0.1, 0.15) is 45.5 Å². The van der Waals surface area contributed by atoms with Gasteiger partial charge in [-0.15, -0.1) is 0 Å². The summed E-state index contributed by atoms with van der Waals surface area (Å²) < 4.78 is 0. The highest BCUT2D eigenvalue weighted by molar-refractivity contribution is 6.03. The molecule has 3 N–H and O–H groups in total. The predicted molar refractivity (Wildman–Crippen MR) is 105 cm³/mol. The predicted octanol–water partition coefficient (Wildman–Crippen LogP) is 3.33. The highest BCUT2D eigenvalue weighted by atomic mass is 16.4. The Balaban J connectivity index is 1.61. The number of nitrogens with one attached hydrogen (secondary N) is 2. The van der Waals surface area contributed by atoms with Crippen molar-refractivity contribution in [2.75, 3.05) is 18.4 Å². The number of carboxylic acid groups (broad SMARTS) is 1. The SMILES string of the molecule is O=C(NCc1ccc(C(=O)O)cc1)Nc1ccccc1C(=O)N1CCCCC1. The lowest BCUT2D eigenvalue weighted by atomic mass is 10.1. The molecule has 0 saturated carbocycles. The molecule has 1 aliphatic heterocycles. The summed E-state index contributed by atoms with van der Waals surface area (Å²) in [6, 6.07) is 12.8. The van der Waals surface area contributed by atoms with Gasteiger partial charge >= 0.3 is 12.0 Å². The first-order chi connectivity index (χ1) is 13.5. The minimum atomic E-state index is -0.993. The highest BCUT2D eigenvalue weighted by Gasteiger charge is 2.21. The van der Waals surface area contributed by atoms with Crippen molar-refractivity contribution in [2.24, 2.45) is 0 Å². The number of aromatic carboxylic acids is 1. The van der Waals surface area contributed by atoms with Gasteiger partial charge in [-0.2, -0.15) is 0 Å². The average molecular weight is 381 g/mol. The number of para-hydroxylation sites is 1. The molecule has 1 aliphatic rings. The van der Waals surface area contributed by atoms with Gasteiger partial charge in [0.1, 0.15) is 0 Å². The van der Waals surface area contributed by atoms with E-state index in [4.69, 9.17) is 5.11 Å². The number of benzene rings is 2. The van der Waals surface area contributed by atoms with Crippen molar-refractivity contribution in [3.05, 3.63) is 65.2 Å². The molecule has 0 aromatic heterocycles. The number of likely N-dealkylation sites (tertiary alicyclic amines) is 1. The van der Waals surface area contributed by atoms with E-state index in [0.29, 0.717) is 11.3 Å². The van der Waals surface area contributed by atoms with E-state index in [2.05, 4.69) is 10.6 Å². The monoisotopic (exact) mass is 381 g/mol. The molecule has 0 bridgehead atoms. The van der Waals surface area contributed by atoms with Crippen LogP contribution >= 0.6 is 0 Å². The molecule has 1 heterocycles. The molecule has 0 radical (unpaired) electrons. The normalized spacial score (nSPS) is 13.6. The Morgan fingerprint density at radius 2 is 1.61 bits per heavy atom. The number of nitrogens with zero attached hydrogens (tertiary/aromatic N) is 1. The molecule has 7 heteroatoms. The molecule has 2 aromatic rings. The molecule has 1 saturated heterocycles. The Morgan fingerprint density at radius 3 is 2.29 bits per heavy atom. The van der Waals surface area contributed by atoms with Gasteiger partial charge in [0, 0.05) is 19.6 Å². The zero-order valence-electron chi connectivity index (χ0n) is 15.5. The van der Waals surface area contributed by atoms with Crippen molar-refractivity contribution in [1.29, 1.82) is 0 Å². The number of carboxylic acids is 1. The first kappa shape index (κ1) is 19.4. The third-order valence-corrected chi connectivity index (χ3v) is 4.70. The Bertz CT molecular complexity index is 858. The van der Waals surface area contributed by atoms with Crippen molar-refractivity contribution in [1.82, 2.24) is 10.2 Å². The molecular weight excluding hydrogens is 358 g/mol. The summed E-state index contributed by atoms with van der Waals surface area (Å²) in [5.41, 5.74) is 1.92. The van der Waals surface area contributed by atoms with Crippen LogP contribution in [0.5, 0.6) is 0 Å². The molecule has 3 rings (SSSR count). The molecule has 0 aliphatic carbocycles. The second-order valence-electron chi connectivity index (χ2n) is 6.71.